The summed E-state index contributed by atoms with van der Waals surface area (Å²) in [7, 11) is 0. The Morgan fingerprint density at radius 3 is 2.85 bits per heavy atom. The number of carbonyl (C=O) groups excluding carboxylic acids is 1. The maximum Gasteiger partial charge on any atom is 0.302 e. The molecule has 0 aromatic heterocycles. The van der Waals surface area contributed by atoms with E-state index in [0.717, 1.165) is 0 Å². The smallest absolute Gasteiger partial charge is 0.302 e. The van der Waals surface area contributed by atoms with Crippen LogP contribution in [-0.2, 0) is 14.3 Å². The van der Waals surface area contributed by atoms with Crippen LogP contribution in [0.25, 0.3) is 0 Å². The number of hydrogen-bond donors (Lipinski definition) is 2. The molecule has 0 bridgehead atoms. The highest BCUT2D eigenvalue weighted by Crippen LogP contribution is 2.14. The van der Waals surface area contributed by atoms with E-state index in [-0.39, 0.29) is 19.6 Å². The van der Waals surface area contributed by atoms with Gasteiger partial charge in [-0.3, -0.25) is 4.79 Å². The Bertz CT molecular complexity index is 181. The quantitative estimate of drug-likeness (QED) is 0.550. The third kappa shape index (κ3) is 3.30. The Labute approximate surface area is 76.3 Å². The van der Waals surface area contributed by atoms with Crippen LogP contribution in [0, 0.1) is 0 Å². The summed E-state index contributed by atoms with van der Waals surface area (Å²) in [5.74, 6) is -0.401. The highest BCUT2D eigenvalue weighted by atomic mass is 16.6. The van der Waals surface area contributed by atoms with E-state index in [9.17, 15) is 9.90 Å². The van der Waals surface area contributed by atoms with E-state index >= 15 is 0 Å². The first-order chi connectivity index (χ1) is 6.09. The highest BCUT2D eigenvalue weighted by molar-refractivity contribution is 5.65. The van der Waals surface area contributed by atoms with Crippen LogP contribution in [0.4, 0.5) is 0 Å². The van der Waals surface area contributed by atoms with Crippen molar-refractivity contribution in [2.24, 2.45) is 0 Å². The molecular formula is C8H14O5. The molecule has 0 radical (unpaired) electrons. The molecule has 1 fully saturated rings. The lowest BCUT2D eigenvalue weighted by Crippen LogP contribution is -2.43. The topological polar surface area (TPSA) is 76.0 Å². The summed E-state index contributed by atoms with van der Waals surface area (Å²) in [6.45, 7) is 1.52. The molecule has 1 heterocycles. The molecule has 0 aromatic rings. The van der Waals surface area contributed by atoms with Crippen molar-refractivity contribution in [1.29, 1.82) is 0 Å². The van der Waals surface area contributed by atoms with E-state index in [1.807, 2.05) is 0 Å². The fraction of sp³-hybridized carbons (Fsp3) is 0.875. The van der Waals surface area contributed by atoms with Crippen molar-refractivity contribution < 1.29 is 24.5 Å². The van der Waals surface area contributed by atoms with Gasteiger partial charge in [0.1, 0.15) is 12.7 Å². The minimum absolute atomic E-state index is 0.0449. The summed E-state index contributed by atoms with van der Waals surface area (Å²) in [6.07, 6.45) is -1.62. The normalized spacial score (nSPS) is 34.2. The number of esters is 1. The first kappa shape index (κ1) is 10.4. The summed E-state index contributed by atoms with van der Waals surface area (Å²) in [4.78, 5) is 10.4. The molecule has 1 aliphatic heterocycles. The molecular weight excluding hydrogens is 176 g/mol. The van der Waals surface area contributed by atoms with Crippen molar-refractivity contribution >= 4 is 5.97 Å². The van der Waals surface area contributed by atoms with Crippen molar-refractivity contribution in [3.05, 3.63) is 0 Å². The number of rotatable bonds is 2. The summed E-state index contributed by atoms with van der Waals surface area (Å²) in [5, 5.41) is 18.5. The number of aliphatic hydroxyl groups is 2. The Hall–Kier alpha value is -0.650. The van der Waals surface area contributed by atoms with Gasteiger partial charge in [-0.05, 0) is 0 Å². The Morgan fingerprint density at radius 1 is 1.62 bits per heavy atom. The Kier molecular flexibility index (Phi) is 3.65. The van der Waals surface area contributed by atoms with Gasteiger partial charge in [0.25, 0.3) is 0 Å². The molecule has 3 atom stereocenters. The molecule has 1 aliphatic rings. The van der Waals surface area contributed by atoms with Gasteiger partial charge in [-0.2, -0.15) is 0 Å². The predicted molar refractivity (Wildman–Crippen MR) is 43.0 cm³/mol. The van der Waals surface area contributed by atoms with Crippen LogP contribution < -0.4 is 0 Å². The lowest BCUT2D eigenvalue weighted by Gasteiger charge is -2.30. The maximum atomic E-state index is 10.4. The van der Waals surface area contributed by atoms with Crippen LogP contribution in [0.5, 0.6) is 0 Å². The van der Waals surface area contributed by atoms with Crippen LogP contribution in [0.3, 0.4) is 0 Å². The Morgan fingerprint density at radius 2 is 2.31 bits per heavy atom. The third-order valence-electron chi connectivity index (χ3n) is 1.90. The lowest BCUT2D eigenvalue weighted by molar-refractivity contribution is -0.162. The molecule has 5 heteroatoms. The van der Waals surface area contributed by atoms with Gasteiger partial charge < -0.3 is 19.7 Å². The van der Waals surface area contributed by atoms with Gasteiger partial charge in [-0.15, -0.1) is 0 Å². The number of carbonyl (C=O) groups is 1. The second kappa shape index (κ2) is 4.55. The third-order valence-corrected chi connectivity index (χ3v) is 1.90. The van der Waals surface area contributed by atoms with Crippen LogP contribution in [0.15, 0.2) is 0 Å². The molecule has 0 spiro atoms. The summed E-state index contributed by atoms with van der Waals surface area (Å²) >= 11 is 0. The molecule has 0 aromatic carbocycles. The van der Waals surface area contributed by atoms with E-state index in [1.165, 1.54) is 6.92 Å². The first-order valence-corrected chi connectivity index (χ1v) is 4.20. The van der Waals surface area contributed by atoms with Gasteiger partial charge in [-0.25, -0.2) is 0 Å². The zero-order valence-corrected chi connectivity index (χ0v) is 7.47. The van der Waals surface area contributed by atoms with Crippen LogP contribution in [-0.4, -0.2) is 47.7 Å². The molecule has 1 rings (SSSR count). The molecule has 13 heavy (non-hydrogen) atoms. The van der Waals surface area contributed by atoms with Crippen molar-refractivity contribution in [3.8, 4) is 0 Å². The second-order valence-corrected chi connectivity index (χ2v) is 3.13. The molecule has 0 saturated carbocycles. The number of ether oxygens (including phenoxy) is 2. The van der Waals surface area contributed by atoms with E-state index in [2.05, 4.69) is 4.74 Å². The SMILES string of the molecule is CC(=O)OC[C@H]1OC[C@H](O)C[C@@H]1O. The summed E-state index contributed by atoms with van der Waals surface area (Å²) < 4.78 is 9.76. The highest BCUT2D eigenvalue weighted by Gasteiger charge is 2.29. The molecule has 0 unspecified atom stereocenters. The van der Waals surface area contributed by atoms with Gasteiger partial charge >= 0.3 is 5.97 Å². The van der Waals surface area contributed by atoms with Crippen LogP contribution in [0.2, 0.25) is 0 Å². The van der Waals surface area contributed by atoms with E-state index in [4.69, 9.17) is 9.84 Å². The average Bonchev–Trinajstić information content (AvgIpc) is 2.02. The molecule has 2 N–H and O–H groups in total. The zero-order chi connectivity index (χ0) is 9.84. The monoisotopic (exact) mass is 190 g/mol. The van der Waals surface area contributed by atoms with Crippen molar-refractivity contribution in [1.82, 2.24) is 0 Å². The minimum Gasteiger partial charge on any atom is -0.463 e. The van der Waals surface area contributed by atoms with E-state index < -0.39 is 24.3 Å². The molecule has 0 amide bonds. The zero-order valence-electron chi connectivity index (χ0n) is 7.47. The van der Waals surface area contributed by atoms with Gasteiger partial charge in [0.05, 0.1) is 18.8 Å². The molecule has 5 nitrogen and oxygen atoms in total. The van der Waals surface area contributed by atoms with Crippen molar-refractivity contribution in [2.75, 3.05) is 13.2 Å². The number of aliphatic hydroxyl groups excluding tert-OH is 2. The minimum atomic E-state index is -0.761. The largest absolute Gasteiger partial charge is 0.463 e. The molecule has 1 saturated heterocycles. The van der Waals surface area contributed by atoms with Crippen molar-refractivity contribution in [2.45, 2.75) is 31.7 Å². The second-order valence-electron chi connectivity index (χ2n) is 3.13. The molecule has 0 aliphatic carbocycles. The predicted octanol–water partition coefficient (Wildman–Crippen LogP) is -0.940. The number of hydrogen-bond acceptors (Lipinski definition) is 5. The summed E-state index contributed by atoms with van der Waals surface area (Å²) in [5.41, 5.74) is 0. The standard InChI is InChI=1S/C8H14O5/c1-5(9)12-4-8-7(11)2-6(10)3-13-8/h6-8,10-11H,2-4H2,1H3/t6-,7+,8-/m1/s1. The fourth-order valence-electron chi connectivity index (χ4n) is 1.20. The van der Waals surface area contributed by atoms with E-state index in [0.29, 0.717) is 0 Å². The maximum absolute atomic E-state index is 10.4. The van der Waals surface area contributed by atoms with Crippen molar-refractivity contribution in [3.63, 3.8) is 0 Å². The fourth-order valence-corrected chi connectivity index (χ4v) is 1.20. The summed E-state index contributed by atoms with van der Waals surface area (Å²) in [6, 6.07) is 0. The molecule has 76 valence electrons. The van der Waals surface area contributed by atoms with Gasteiger partial charge in [-0.1, -0.05) is 0 Å². The lowest BCUT2D eigenvalue weighted by atomic mass is 10.0. The van der Waals surface area contributed by atoms with Gasteiger partial charge in [0.15, 0.2) is 0 Å². The van der Waals surface area contributed by atoms with Gasteiger partial charge in [0.2, 0.25) is 0 Å². The first-order valence-electron chi connectivity index (χ1n) is 4.20. The Balaban J connectivity index is 2.29. The van der Waals surface area contributed by atoms with E-state index in [1.54, 1.807) is 0 Å². The van der Waals surface area contributed by atoms with Crippen LogP contribution in [0.1, 0.15) is 13.3 Å². The average molecular weight is 190 g/mol. The van der Waals surface area contributed by atoms with Crippen LogP contribution >= 0.6 is 0 Å². The van der Waals surface area contributed by atoms with Gasteiger partial charge in [0, 0.05) is 13.3 Å².